The van der Waals surface area contributed by atoms with E-state index in [1.807, 2.05) is 83.3 Å². The van der Waals surface area contributed by atoms with Gasteiger partial charge in [-0.1, -0.05) is 47.7 Å². The molecule has 5 aromatic rings. The molecule has 0 saturated heterocycles. The van der Waals surface area contributed by atoms with E-state index in [1.165, 1.54) is 11.3 Å². The van der Waals surface area contributed by atoms with Gasteiger partial charge in [0.25, 0.3) is 5.91 Å². The minimum atomic E-state index is -0.0403. The number of aryl methyl sites for hydroxylation is 1. The quantitative estimate of drug-likeness (QED) is 0.297. The molecule has 2 aromatic heterocycles. The first-order valence-corrected chi connectivity index (χ1v) is 11.8. The Labute approximate surface area is 196 Å². The van der Waals surface area contributed by atoms with Crippen molar-refractivity contribution in [2.75, 3.05) is 18.1 Å². The highest BCUT2D eigenvalue weighted by Crippen LogP contribution is 2.33. The van der Waals surface area contributed by atoms with E-state index in [1.54, 1.807) is 12.5 Å². The molecule has 0 bridgehead atoms. The smallest absolute Gasteiger partial charge is 0.260 e. The summed E-state index contributed by atoms with van der Waals surface area (Å²) >= 11 is 1.52. The molecule has 0 fully saturated rings. The van der Waals surface area contributed by atoms with Crippen LogP contribution in [0.15, 0.2) is 79.4 Å². The largest absolute Gasteiger partial charge is 0.494 e. The zero-order valence-corrected chi connectivity index (χ0v) is 19.2. The minimum absolute atomic E-state index is 0.0403. The Morgan fingerprint density at radius 1 is 1.12 bits per heavy atom. The predicted molar refractivity (Wildman–Crippen MR) is 133 cm³/mol. The molecule has 33 heavy (non-hydrogen) atoms. The van der Waals surface area contributed by atoms with E-state index < -0.39 is 0 Å². The zero-order valence-electron chi connectivity index (χ0n) is 18.3. The summed E-state index contributed by atoms with van der Waals surface area (Å²) < 4.78 is 8.67. The van der Waals surface area contributed by atoms with Crippen molar-refractivity contribution in [3.05, 3.63) is 84.9 Å². The SMILES string of the molecule is CCOc1ccc2nc(N(CCCn3ccnc3)C(=O)c3cccc4ccccc34)sc2c1. The first-order valence-electron chi connectivity index (χ1n) is 11.0. The fraction of sp³-hybridized carbons (Fsp3) is 0.192. The average Bonchev–Trinajstić information content (AvgIpc) is 3.51. The summed E-state index contributed by atoms with van der Waals surface area (Å²) in [5.74, 6) is 0.772. The lowest BCUT2D eigenvalue weighted by Crippen LogP contribution is -2.32. The lowest BCUT2D eigenvalue weighted by atomic mass is 10.0. The Morgan fingerprint density at radius 2 is 2.00 bits per heavy atom. The second kappa shape index (κ2) is 9.42. The minimum Gasteiger partial charge on any atom is -0.494 e. The van der Waals surface area contributed by atoms with Gasteiger partial charge in [0.05, 0.1) is 23.2 Å². The van der Waals surface area contributed by atoms with Crippen LogP contribution >= 0.6 is 11.3 Å². The van der Waals surface area contributed by atoms with Crippen LogP contribution in [0.25, 0.3) is 21.0 Å². The summed E-state index contributed by atoms with van der Waals surface area (Å²) in [5, 5.41) is 2.69. The number of hydrogen-bond donors (Lipinski definition) is 0. The van der Waals surface area contributed by atoms with Crippen molar-refractivity contribution in [3.8, 4) is 5.75 Å². The number of carbonyl (C=O) groups is 1. The van der Waals surface area contributed by atoms with E-state index in [0.717, 1.165) is 39.7 Å². The maximum atomic E-state index is 13.8. The van der Waals surface area contributed by atoms with Gasteiger partial charge in [0.1, 0.15) is 5.75 Å². The van der Waals surface area contributed by atoms with Crippen LogP contribution in [0, 0.1) is 0 Å². The Bertz CT molecular complexity index is 1390. The van der Waals surface area contributed by atoms with Crippen LogP contribution in [-0.4, -0.2) is 33.6 Å². The molecule has 0 aliphatic rings. The van der Waals surface area contributed by atoms with E-state index in [0.29, 0.717) is 23.8 Å². The Kier molecular flexibility index (Phi) is 6.04. The summed E-state index contributed by atoms with van der Waals surface area (Å²) in [5.41, 5.74) is 1.55. The average molecular weight is 457 g/mol. The Hall–Kier alpha value is -3.71. The predicted octanol–water partition coefficient (Wildman–Crippen LogP) is 5.78. The van der Waals surface area contributed by atoms with Gasteiger partial charge in [-0.2, -0.15) is 0 Å². The number of carbonyl (C=O) groups excluding carboxylic acids is 1. The topological polar surface area (TPSA) is 60.2 Å². The molecule has 0 aliphatic heterocycles. The molecule has 2 heterocycles. The van der Waals surface area contributed by atoms with Gasteiger partial charge in [0, 0.05) is 31.0 Å². The van der Waals surface area contributed by atoms with Crippen molar-refractivity contribution in [2.45, 2.75) is 19.9 Å². The van der Waals surface area contributed by atoms with Crippen molar-refractivity contribution in [1.29, 1.82) is 0 Å². The van der Waals surface area contributed by atoms with E-state index in [-0.39, 0.29) is 5.91 Å². The van der Waals surface area contributed by atoms with Gasteiger partial charge in [-0.25, -0.2) is 9.97 Å². The molecule has 0 unspecified atom stereocenters. The maximum Gasteiger partial charge on any atom is 0.260 e. The number of hydrogen-bond acceptors (Lipinski definition) is 5. The van der Waals surface area contributed by atoms with E-state index in [2.05, 4.69) is 4.98 Å². The summed E-state index contributed by atoms with van der Waals surface area (Å²) in [4.78, 5) is 24.6. The highest BCUT2D eigenvalue weighted by atomic mass is 32.1. The monoisotopic (exact) mass is 456 g/mol. The van der Waals surface area contributed by atoms with Gasteiger partial charge in [-0.15, -0.1) is 0 Å². The van der Waals surface area contributed by atoms with Crippen LogP contribution in [0.2, 0.25) is 0 Å². The Morgan fingerprint density at radius 3 is 2.85 bits per heavy atom. The molecule has 0 aliphatic carbocycles. The molecule has 7 heteroatoms. The first kappa shape index (κ1) is 21.2. The van der Waals surface area contributed by atoms with Gasteiger partial charge in [0.2, 0.25) is 0 Å². The third kappa shape index (κ3) is 4.45. The van der Waals surface area contributed by atoms with Gasteiger partial charge in [-0.05, 0) is 48.4 Å². The molecule has 0 spiro atoms. The third-order valence-corrected chi connectivity index (χ3v) is 6.55. The number of aromatic nitrogens is 3. The van der Waals surface area contributed by atoms with Crippen molar-refractivity contribution < 1.29 is 9.53 Å². The lowest BCUT2D eigenvalue weighted by molar-refractivity contribution is 0.0988. The zero-order chi connectivity index (χ0) is 22.6. The normalized spacial score (nSPS) is 11.2. The van der Waals surface area contributed by atoms with E-state index >= 15 is 0 Å². The van der Waals surface area contributed by atoms with Crippen molar-refractivity contribution in [3.63, 3.8) is 0 Å². The lowest BCUT2D eigenvalue weighted by Gasteiger charge is -2.21. The number of nitrogens with zero attached hydrogens (tertiary/aromatic N) is 4. The number of thiazole rings is 1. The molecule has 3 aromatic carbocycles. The maximum absolute atomic E-state index is 13.8. The summed E-state index contributed by atoms with van der Waals surface area (Å²) in [6.45, 7) is 3.90. The molecule has 5 rings (SSSR count). The van der Waals surface area contributed by atoms with Crippen LogP contribution < -0.4 is 9.64 Å². The summed E-state index contributed by atoms with van der Waals surface area (Å²) in [6, 6.07) is 19.7. The van der Waals surface area contributed by atoms with Gasteiger partial charge in [0.15, 0.2) is 5.13 Å². The molecule has 0 saturated carbocycles. The number of ether oxygens (including phenoxy) is 1. The van der Waals surface area contributed by atoms with E-state index in [4.69, 9.17) is 9.72 Å². The van der Waals surface area contributed by atoms with Gasteiger partial charge >= 0.3 is 0 Å². The fourth-order valence-corrected chi connectivity index (χ4v) is 4.95. The third-order valence-electron chi connectivity index (χ3n) is 5.51. The second-order valence-corrected chi connectivity index (χ2v) is 8.71. The number of amides is 1. The van der Waals surface area contributed by atoms with Crippen LogP contribution in [0.4, 0.5) is 5.13 Å². The Balaban J connectivity index is 1.51. The number of fused-ring (bicyclic) bond motifs is 2. The molecular weight excluding hydrogens is 432 g/mol. The number of rotatable bonds is 8. The molecule has 166 valence electrons. The number of imidazole rings is 1. The van der Waals surface area contributed by atoms with Crippen molar-refractivity contribution >= 4 is 43.4 Å². The standard InChI is InChI=1S/C26H24N4O2S/c1-2-32-20-11-12-23-24(17-20)33-26(28-23)30(15-6-14-29-16-13-27-18-29)25(31)22-10-5-8-19-7-3-4-9-21(19)22/h3-5,7-13,16-18H,2,6,14-15H2,1H3. The van der Waals surface area contributed by atoms with Gasteiger partial charge < -0.3 is 9.30 Å². The first-order chi connectivity index (χ1) is 16.2. The molecule has 0 N–H and O–H groups in total. The highest BCUT2D eigenvalue weighted by molar-refractivity contribution is 7.22. The number of anilines is 1. The second-order valence-electron chi connectivity index (χ2n) is 7.70. The van der Waals surface area contributed by atoms with Crippen LogP contribution in [0.1, 0.15) is 23.7 Å². The van der Waals surface area contributed by atoms with E-state index in [9.17, 15) is 4.79 Å². The molecular formula is C26H24N4O2S. The van der Waals surface area contributed by atoms with Crippen molar-refractivity contribution in [1.82, 2.24) is 14.5 Å². The molecule has 0 atom stereocenters. The van der Waals surface area contributed by atoms with Crippen LogP contribution in [-0.2, 0) is 6.54 Å². The van der Waals surface area contributed by atoms with Crippen LogP contribution in [0.3, 0.4) is 0 Å². The number of benzene rings is 3. The highest BCUT2D eigenvalue weighted by Gasteiger charge is 2.23. The molecule has 0 radical (unpaired) electrons. The molecule has 1 amide bonds. The van der Waals surface area contributed by atoms with Gasteiger partial charge in [-0.3, -0.25) is 9.69 Å². The summed E-state index contributed by atoms with van der Waals surface area (Å²) in [7, 11) is 0. The fourth-order valence-electron chi connectivity index (χ4n) is 3.94. The molecule has 6 nitrogen and oxygen atoms in total. The van der Waals surface area contributed by atoms with Crippen LogP contribution in [0.5, 0.6) is 5.75 Å². The van der Waals surface area contributed by atoms with Crippen molar-refractivity contribution in [2.24, 2.45) is 0 Å². The summed E-state index contributed by atoms with van der Waals surface area (Å²) in [6.07, 6.45) is 6.28.